The summed E-state index contributed by atoms with van der Waals surface area (Å²) in [6.07, 6.45) is -4.50. The topological polar surface area (TPSA) is 53.5 Å². The van der Waals surface area contributed by atoms with Gasteiger partial charge < -0.3 is 9.80 Å². The van der Waals surface area contributed by atoms with Crippen LogP contribution in [0.3, 0.4) is 0 Å². The van der Waals surface area contributed by atoms with Crippen molar-refractivity contribution >= 4 is 11.8 Å². The Kier molecular flexibility index (Phi) is 5.16. The number of aryl methyl sites for hydroxylation is 1. The number of pyridine rings is 1. The zero-order valence-corrected chi connectivity index (χ0v) is 14.7. The Hall–Kier alpha value is -2.90. The Morgan fingerprint density at radius 1 is 0.926 bits per heavy atom. The predicted molar refractivity (Wildman–Crippen MR) is 92.2 cm³/mol. The van der Waals surface area contributed by atoms with Crippen LogP contribution in [-0.4, -0.2) is 52.8 Å². The molecule has 0 unspecified atom stereocenters. The molecular weight excluding hydrogens is 359 g/mol. The molecule has 0 aliphatic carbocycles. The molecule has 8 heteroatoms. The molecule has 0 atom stereocenters. The molecular formula is C19H18F3N3O2. The largest absolute Gasteiger partial charge is 0.416 e. The van der Waals surface area contributed by atoms with Crippen molar-refractivity contribution in [1.29, 1.82) is 0 Å². The van der Waals surface area contributed by atoms with Crippen LogP contribution >= 0.6 is 0 Å². The van der Waals surface area contributed by atoms with Crippen molar-refractivity contribution in [3.8, 4) is 0 Å². The fourth-order valence-corrected chi connectivity index (χ4v) is 2.95. The van der Waals surface area contributed by atoms with E-state index in [-0.39, 0.29) is 24.6 Å². The van der Waals surface area contributed by atoms with Gasteiger partial charge in [0.25, 0.3) is 11.8 Å². The first-order valence-electron chi connectivity index (χ1n) is 8.45. The Bertz CT molecular complexity index is 859. The molecule has 1 aliphatic rings. The number of piperazine rings is 1. The minimum Gasteiger partial charge on any atom is -0.335 e. The predicted octanol–water partition coefficient (Wildman–Crippen LogP) is 3.01. The Labute approximate surface area is 154 Å². The molecule has 1 fully saturated rings. The number of aromatic nitrogens is 1. The highest BCUT2D eigenvalue weighted by Crippen LogP contribution is 2.29. The zero-order chi connectivity index (χ0) is 19.6. The molecule has 27 heavy (non-hydrogen) atoms. The van der Waals surface area contributed by atoms with Crippen molar-refractivity contribution in [3.63, 3.8) is 0 Å². The van der Waals surface area contributed by atoms with Crippen LogP contribution in [0.15, 0.2) is 42.5 Å². The number of carbonyl (C=O) groups excluding carboxylic acids is 2. The van der Waals surface area contributed by atoms with Crippen LogP contribution in [0.4, 0.5) is 13.2 Å². The van der Waals surface area contributed by atoms with Crippen LogP contribution in [0.1, 0.15) is 32.1 Å². The normalized spacial score (nSPS) is 15.0. The lowest BCUT2D eigenvalue weighted by molar-refractivity contribution is -0.137. The summed E-state index contributed by atoms with van der Waals surface area (Å²) < 4.78 is 38.5. The maximum atomic E-state index is 12.8. The number of rotatable bonds is 2. The smallest absolute Gasteiger partial charge is 0.335 e. The summed E-state index contributed by atoms with van der Waals surface area (Å²) in [5.74, 6) is -0.688. The van der Waals surface area contributed by atoms with Crippen molar-refractivity contribution in [1.82, 2.24) is 14.8 Å². The molecule has 2 aromatic rings. The van der Waals surface area contributed by atoms with Gasteiger partial charge in [-0.25, -0.2) is 4.98 Å². The van der Waals surface area contributed by atoms with E-state index in [9.17, 15) is 22.8 Å². The molecule has 3 rings (SSSR count). The molecule has 2 amide bonds. The first-order valence-corrected chi connectivity index (χ1v) is 8.45. The number of halogens is 3. The first kappa shape index (κ1) is 18.9. The van der Waals surface area contributed by atoms with Gasteiger partial charge in [-0.05, 0) is 37.3 Å². The quantitative estimate of drug-likeness (QED) is 0.809. The van der Waals surface area contributed by atoms with Crippen LogP contribution in [0.5, 0.6) is 0 Å². The number of hydrogen-bond acceptors (Lipinski definition) is 3. The van der Waals surface area contributed by atoms with E-state index >= 15 is 0 Å². The van der Waals surface area contributed by atoms with Crippen molar-refractivity contribution in [2.75, 3.05) is 26.2 Å². The van der Waals surface area contributed by atoms with E-state index in [1.54, 1.807) is 30.0 Å². The minimum atomic E-state index is -4.50. The molecule has 1 aromatic carbocycles. The summed E-state index contributed by atoms with van der Waals surface area (Å²) >= 11 is 0. The summed E-state index contributed by atoms with van der Waals surface area (Å²) in [5, 5.41) is 0. The maximum absolute atomic E-state index is 12.8. The van der Waals surface area contributed by atoms with Crippen LogP contribution in [0.25, 0.3) is 0 Å². The second-order valence-corrected chi connectivity index (χ2v) is 6.33. The Balaban J connectivity index is 1.65. The summed E-state index contributed by atoms with van der Waals surface area (Å²) in [6, 6.07) is 9.56. The molecule has 2 heterocycles. The third kappa shape index (κ3) is 4.27. The lowest BCUT2D eigenvalue weighted by Crippen LogP contribution is -2.50. The Morgan fingerprint density at radius 3 is 2.11 bits per heavy atom. The molecule has 1 saturated heterocycles. The minimum absolute atomic E-state index is 0.00930. The number of alkyl halides is 3. The molecule has 5 nitrogen and oxygen atoms in total. The van der Waals surface area contributed by atoms with Gasteiger partial charge in [0, 0.05) is 37.4 Å². The third-order valence-corrected chi connectivity index (χ3v) is 4.40. The lowest BCUT2D eigenvalue weighted by Gasteiger charge is -2.34. The first-order chi connectivity index (χ1) is 12.8. The number of amides is 2. The van der Waals surface area contributed by atoms with E-state index in [0.717, 1.165) is 17.8 Å². The second-order valence-electron chi connectivity index (χ2n) is 6.33. The maximum Gasteiger partial charge on any atom is 0.416 e. The number of carbonyl (C=O) groups is 2. The molecule has 0 spiro atoms. The zero-order valence-electron chi connectivity index (χ0n) is 14.7. The van der Waals surface area contributed by atoms with Crippen molar-refractivity contribution < 1.29 is 22.8 Å². The highest BCUT2D eigenvalue weighted by atomic mass is 19.4. The van der Waals surface area contributed by atoms with E-state index in [1.807, 2.05) is 0 Å². The molecule has 0 bridgehead atoms. The Morgan fingerprint density at radius 2 is 1.52 bits per heavy atom. The standard InChI is InChI=1S/C19H18F3N3O2/c1-13-4-2-7-16(23-13)18(27)25-10-8-24(9-11-25)17(26)14-5-3-6-15(12-14)19(20,21)22/h2-7,12H,8-11H2,1H3. The van der Waals surface area contributed by atoms with Gasteiger partial charge in [0.05, 0.1) is 5.56 Å². The number of nitrogens with zero attached hydrogens (tertiary/aromatic N) is 3. The van der Waals surface area contributed by atoms with Gasteiger partial charge in [-0.2, -0.15) is 13.2 Å². The van der Waals surface area contributed by atoms with Crippen LogP contribution < -0.4 is 0 Å². The molecule has 0 saturated carbocycles. The van der Waals surface area contributed by atoms with Gasteiger partial charge >= 0.3 is 6.18 Å². The van der Waals surface area contributed by atoms with Crippen LogP contribution in [0.2, 0.25) is 0 Å². The molecule has 1 aromatic heterocycles. The van der Waals surface area contributed by atoms with E-state index in [4.69, 9.17) is 0 Å². The molecule has 1 aliphatic heterocycles. The van der Waals surface area contributed by atoms with Gasteiger partial charge in [0.2, 0.25) is 0 Å². The van der Waals surface area contributed by atoms with E-state index in [0.29, 0.717) is 18.8 Å². The summed E-state index contributed by atoms with van der Waals surface area (Å²) in [7, 11) is 0. The van der Waals surface area contributed by atoms with E-state index < -0.39 is 17.6 Å². The molecule has 0 N–H and O–H groups in total. The fraction of sp³-hybridized carbons (Fsp3) is 0.316. The average molecular weight is 377 g/mol. The molecule has 0 radical (unpaired) electrons. The van der Waals surface area contributed by atoms with Gasteiger partial charge in [-0.15, -0.1) is 0 Å². The highest BCUT2D eigenvalue weighted by molar-refractivity contribution is 5.95. The summed E-state index contributed by atoms with van der Waals surface area (Å²) in [6.45, 7) is 2.92. The van der Waals surface area contributed by atoms with Gasteiger partial charge in [-0.1, -0.05) is 12.1 Å². The second kappa shape index (κ2) is 7.38. The van der Waals surface area contributed by atoms with E-state index in [2.05, 4.69) is 4.98 Å². The summed E-state index contributed by atoms with van der Waals surface area (Å²) in [5.41, 5.74) is 0.213. The number of benzene rings is 1. The average Bonchev–Trinajstić information content (AvgIpc) is 2.66. The van der Waals surface area contributed by atoms with Gasteiger partial charge in [0.1, 0.15) is 5.69 Å². The summed E-state index contributed by atoms with van der Waals surface area (Å²) in [4.78, 5) is 32.3. The number of hydrogen-bond donors (Lipinski definition) is 0. The third-order valence-electron chi connectivity index (χ3n) is 4.40. The lowest BCUT2D eigenvalue weighted by atomic mass is 10.1. The fourth-order valence-electron chi connectivity index (χ4n) is 2.95. The monoisotopic (exact) mass is 377 g/mol. The van der Waals surface area contributed by atoms with Crippen molar-refractivity contribution in [2.45, 2.75) is 13.1 Å². The molecule has 142 valence electrons. The van der Waals surface area contributed by atoms with Crippen molar-refractivity contribution in [2.24, 2.45) is 0 Å². The SMILES string of the molecule is Cc1cccc(C(=O)N2CCN(C(=O)c3cccc(C(F)(F)F)c3)CC2)n1. The van der Waals surface area contributed by atoms with Crippen molar-refractivity contribution in [3.05, 3.63) is 65.0 Å². The van der Waals surface area contributed by atoms with Crippen LogP contribution in [-0.2, 0) is 6.18 Å². The van der Waals surface area contributed by atoms with Crippen LogP contribution in [0, 0.1) is 6.92 Å². The van der Waals surface area contributed by atoms with Gasteiger partial charge in [-0.3, -0.25) is 9.59 Å². The highest BCUT2D eigenvalue weighted by Gasteiger charge is 2.32. The van der Waals surface area contributed by atoms with Gasteiger partial charge in [0.15, 0.2) is 0 Å². The van der Waals surface area contributed by atoms with E-state index in [1.165, 1.54) is 17.0 Å².